The molecular formula is C16H23FN2O. The molecule has 0 aromatic heterocycles. The number of likely N-dealkylation sites (tertiary alicyclic amines) is 1. The van der Waals surface area contributed by atoms with Gasteiger partial charge in [0, 0.05) is 31.1 Å². The van der Waals surface area contributed by atoms with Crippen LogP contribution in [0.2, 0.25) is 0 Å². The van der Waals surface area contributed by atoms with Gasteiger partial charge in [0.15, 0.2) is 5.78 Å². The molecule has 2 rings (SSSR count). The predicted molar refractivity (Wildman–Crippen MR) is 78.5 cm³/mol. The number of likely N-dealkylation sites (N-methyl/N-ethyl adjacent to an activating group) is 1. The Labute approximate surface area is 120 Å². The summed E-state index contributed by atoms with van der Waals surface area (Å²) < 4.78 is 13.1. The molecular weight excluding hydrogens is 255 g/mol. The Hall–Kier alpha value is -1.26. The van der Waals surface area contributed by atoms with Crippen LogP contribution in [0.25, 0.3) is 0 Å². The number of carbonyl (C=O) groups is 1. The molecule has 1 fully saturated rings. The molecule has 1 atom stereocenters. The van der Waals surface area contributed by atoms with Crippen LogP contribution < -0.4 is 0 Å². The third-order valence-corrected chi connectivity index (χ3v) is 3.85. The van der Waals surface area contributed by atoms with Gasteiger partial charge >= 0.3 is 0 Å². The van der Waals surface area contributed by atoms with Gasteiger partial charge in [-0.3, -0.25) is 9.69 Å². The van der Waals surface area contributed by atoms with Crippen LogP contribution in [0.3, 0.4) is 0 Å². The Kier molecular flexibility index (Phi) is 5.26. The highest BCUT2D eigenvalue weighted by Gasteiger charge is 2.25. The normalized spacial score (nSPS) is 19.7. The highest BCUT2D eigenvalue weighted by atomic mass is 19.1. The van der Waals surface area contributed by atoms with Crippen molar-refractivity contribution in [1.29, 1.82) is 0 Å². The van der Waals surface area contributed by atoms with E-state index in [1.165, 1.54) is 25.0 Å². The van der Waals surface area contributed by atoms with Gasteiger partial charge in [0.2, 0.25) is 0 Å². The maximum atomic E-state index is 13.1. The van der Waals surface area contributed by atoms with Gasteiger partial charge in [-0.1, -0.05) is 12.1 Å². The van der Waals surface area contributed by atoms with Crippen molar-refractivity contribution in [3.05, 3.63) is 35.6 Å². The molecule has 20 heavy (non-hydrogen) atoms. The summed E-state index contributed by atoms with van der Waals surface area (Å²) in [5.41, 5.74) is 0.480. The first-order valence-electron chi connectivity index (χ1n) is 7.24. The van der Waals surface area contributed by atoms with Gasteiger partial charge in [0.25, 0.3) is 0 Å². The number of rotatable bonds is 6. The number of Topliss-reactive ketones (excluding diaryl/α,β-unsaturated/α-hetero) is 1. The first-order chi connectivity index (χ1) is 9.56. The summed E-state index contributed by atoms with van der Waals surface area (Å²) in [4.78, 5) is 16.7. The van der Waals surface area contributed by atoms with Gasteiger partial charge in [0.1, 0.15) is 5.82 Å². The van der Waals surface area contributed by atoms with Crippen LogP contribution in [-0.4, -0.2) is 55.4 Å². The number of carbonyl (C=O) groups excluding carboxylic acids is 1. The summed E-state index contributed by atoms with van der Waals surface area (Å²) in [5.74, 6) is -0.317. The number of halogens is 1. The molecule has 1 heterocycles. The van der Waals surface area contributed by atoms with Crippen LogP contribution in [0.1, 0.15) is 29.6 Å². The number of benzene rings is 1. The van der Waals surface area contributed by atoms with E-state index in [1.807, 2.05) is 0 Å². The van der Waals surface area contributed by atoms with E-state index in [-0.39, 0.29) is 11.6 Å². The van der Waals surface area contributed by atoms with Crippen LogP contribution in [-0.2, 0) is 0 Å². The largest absolute Gasteiger partial charge is 0.308 e. The summed E-state index contributed by atoms with van der Waals surface area (Å²) in [7, 11) is 4.16. The van der Waals surface area contributed by atoms with Crippen LogP contribution in [0.15, 0.2) is 24.3 Å². The topological polar surface area (TPSA) is 23.6 Å². The molecule has 0 aliphatic carbocycles. The Morgan fingerprint density at radius 3 is 2.95 bits per heavy atom. The van der Waals surface area contributed by atoms with E-state index in [0.29, 0.717) is 18.0 Å². The van der Waals surface area contributed by atoms with Crippen molar-refractivity contribution < 1.29 is 9.18 Å². The standard InChI is InChI=1S/C16H23FN2O/c1-18(2)12-15-7-4-9-19(15)10-8-16(20)13-5-3-6-14(17)11-13/h3,5-6,11,15H,4,7-10,12H2,1-2H3. The Morgan fingerprint density at radius 1 is 1.45 bits per heavy atom. The number of hydrogen-bond acceptors (Lipinski definition) is 3. The van der Waals surface area contributed by atoms with Crippen molar-refractivity contribution in [1.82, 2.24) is 9.80 Å². The van der Waals surface area contributed by atoms with Gasteiger partial charge in [-0.05, 0) is 45.6 Å². The fourth-order valence-electron chi connectivity index (χ4n) is 2.87. The minimum atomic E-state index is -0.345. The van der Waals surface area contributed by atoms with E-state index < -0.39 is 0 Å². The van der Waals surface area contributed by atoms with E-state index in [2.05, 4.69) is 23.9 Å². The highest BCUT2D eigenvalue weighted by molar-refractivity contribution is 5.96. The molecule has 0 N–H and O–H groups in total. The van der Waals surface area contributed by atoms with E-state index in [9.17, 15) is 9.18 Å². The second kappa shape index (κ2) is 6.95. The monoisotopic (exact) mass is 278 g/mol. The molecule has 1 aliphatic heterocycles. The second-order valence-electron chi connectivity index (χ2n) is 5.78. The van der Waals surface area contributed by atoms with Crippen molar-refractivity contribution in [2.75, 3.05) is 33.7 Å². The molecule has 0 spiro atoms. The van der Waals surface area contributed by atoms with E-state index in [1.54, 1.807) is 12.1 Å². The van der Waals surface area contributed by atoms with Gasteiger partial charge in [-0.15, -0.1) is 0 Å². The van der Waals surface area contributed by atoms with E-state index in [4.69, 9.17) is 0 Å². The predicted octanol–water partition coefficient (Wildman–Crippen LogP) is 2.42. The van der Waals surface area contributed by atoms with Crippen LogP contribution >= 0.6 is 0 Å². The van der Waals surface area contributed by atoms with Crippen LogP contribution in [0, 0.1) is 5.82 Å². The van der Waals surface area contributed by atoms with Crippen molar-refractivity contribution in [2.45, 2.75) is 25.3 Å². The smallest absolute Gasteiger partial charge is 0.164 e. The van der Waals surface area contributed by atoms with Gasteiger partial charge in [0.05, 0.1) is 0 Å². The first-order valence-corrected chi connectivity index (χ1v) is 7.24. The minimum absolute atomic E-state index is 0.0278. The third kappa shape index (κ3) is 4.12. The zero-order chi connectivity index (χ0) is 14.5. The number of nitrogens with zero attached hydrogens (tertiary/aromatic N) is 2. The zero-order valence-corrected chi connectivity index (χ0v) is 12.3. The molecule has 1 aliphatic rings. The lowest BCUT2D eigenvalue weighted by molar-refractivity contribution is 0.0957. The third-order valence-electron chi connectivity index (χ3n) is 3.85. The van der Waals surface area contributed by atoms with Gasteiger partial charge < -0.3 is 4.90 Å². The fraction of sp³-hybridized carbons (Fsp3) is 0.562. The summed E-state index contributed by atoms with van der Waals surface area (Å²) in [6, 6.07) is 6.51. The SMILES string of the molecule is CN(C)CC1CCCN1CCC(=O)c1cccc(F)c1. The lowest BCUT2D eigenvalue weighted by Crippen LogP contribution is -2.38. The molecule has 3 nitrogen and oxygen atoms in total. The molecule has 1 saturated heterocycles. The molecule has 4 heteroatoms. The van der Waals surface area contributed by atoms with Crippen LogP contribution in [0.5, 0.6) is 0 Å². The van der Waals surface area contributed by atoms with Gasteiger partial charge in [-0.2, -0.15) is 0 Å². The number of hydrogen-bond donors (Lipinski definition) is 0. The van der Waals surface area contributed by atoms with Crippen LogP contribution in [0.4, 0.5) is 4.39 Å². The lowest BCUT2D eigenvalue weighted by Gasteiger charge is -2.26. The van der Waals surface area contributed by atoms with Crippen molar-refractivity contribution in [3.63, 3.8) is 0 Å². The summed E-state index contributed by atoms with van der Waals surface area (Å²) in [6.45, 7) is 2.87. The van der Waals surface area contributed by atoms with Crippen molar-refractivity contribution in [3.8, 4) is 0 Å². The maximum absolute atomic E-state index is 13.1. The van der Waals surface area contributed by atoms with E-state index in [0.717, 1.165) is 19.6 Å². The molecule has 1 unspecified atom stereocenters. The highest BCUT2D eigenvalue weighted by Crippen LogP contribution is 2.18. The minimum Gasteiger partial charge on any atom is -0.308 e. The molecule has 1 aromatic carbocycles. The number of ketones is 1. The molecule has 0 bridgehead atoms. The summed E-state index contributed by atoms with van der Waals surface area (Å²) in [6.07, 6.45) is 2.87. The fourth-order valence-corrected chi connectivity index (χ4v) is 2.87. The summed E-state index contributed by atoms with van der Waals surface area (Å²) >= 11 is 0. The quantitative estimate of drug-likeness (QED) is 0.747. The molecule has 1 aromatic rings. The lowest BCUT2D eigenvalue weighted by atomic mass is 10.1. The molecule has 0 saturated carbocycles. The molecule has 110 valence electrons. The average molecular weight is 278 g/mol. The summed E-state index contributed by atoms with van der Waals surface area (Å²) in [5, 5.41) is 0. The zero-order valence-electron chi connectivity index (χ0n) is 12.3. The second-order valence-corrected chi connectivity index (χ2v) is 5.78. The Bertz CT molecular complexity index is 462. The van der Waals surface area contributed by atoms with Gasteiger partial charge in [-0.25, -0.2) is 4.39 Å². The Balaban J connectivity index is 1.86. The molecule has 0 amide bonds. The first kappa shape index (κ1) is 15.1. The molecule has 0 radical (unpaired) electrons. The average Bonchev–Trinajstić information content (AvgIpc) is 2.82. The maximum Gasteiger partial charge on any atom is 0.164 e. The van der Waals surface area contributed by atoms with Crippen molar-refractivity contribution >= 4 is 5.78 Å². The van der Waals surface area contributed by atoms with E-state index >= 15 is 0 Å². The van der Waals surface area contributed by atoms with Crippen molar-refractivity contribution in [2.24, 2.45) is 0 Å². The Morgan fingerprint density at radius 2 is 2.25 bits per heavy atom.